The number of carbonyl (C=O) groups excluding carboxylic acids is 1. The smallest absolute Gasteiger partial charge is 0.308 e. The molecule has 2 rings (SSSR count). The van der Waals surface area contributed by atoms with E-state index in [9.17, 15) is 9.59 Å². The molecule has 6 heteroatoms. The molecule has 0 saturated carbocycles. The van der Waals surface area contributed by atoms with Crippen molar-refractivity contribution in [2.45, 2.75) is 26.2 Å². The third-order valence-corrected chi connectivity index (χ3v) is 3.95. The fourth-order valence-electron chi connectivity index (χ4n) is 2.62. The van der Waals surface area contributed by atoms with Crippen LogP contribution >= 0.6 is 0 Å². The van der Waals surface area contributed by atoms with Crippen molar-refractivity contribution >= 4 is 11.9 Å². The second kappa shape index (κ2) is 7.85. The number of amides is 1. The maximum atomic E-state index is 11.9. The molecule has 0 aromatic heterocycles. The van der Waals surface area contributed by atoms with Crippen LogP contribution in [0.25, 0.3) is 0 Å². The summed E-state index contributed by atoms with van der Waals surface area (Å²) in [5, 5.41) is 9.02. The predicted octanol–water partition coefficient (Wildman–Crippen LogP) is 1.96. The third-order valence-electron chi connectivity index (χ3n) is 3.95. The van der Waals surface area contributed by atoms with Gasteiger partial charge in [-0.1, -0.05) is 13.0 Å². The molecular weight excluding hydrogens is 298 g/mol. The minimum absolute atomic E-state index is 0.0944. The summed E-state index contributed by atoms with van der Waals surface area (Å²) in [4.78, 5) is 24.5. The zero-order valence-electron chi connectivity index (χ0n) is 13.6. The number of likely N-dealkylation sites (tertiary alicyclic amines) is 1. The number of carboxylic acid groups (broad SMARTS) is 1. The highest BCUT2D eigenvalue weighted by Crippen LogP contribution is 2.26. The van der Waals surface area contributed by atoms with Gasteiger partial charge in [-0.05, 0) is 24.5 Å². The fraction of sp³-hybridized carbons (Fsp3) is 0.529. The Kier molecular flexibility index (Phi) is 5.84. The summed E-state index contributed by atoms with van der Waals surface area (Å²) in [6, 6.07) is 5.63. The summed E-state index contributed by atoms with van der Waals surface area (Å²) < 4.78 is 11.0. The van der Waals surface area contributed by atoms with Crippen LogP contribution in [0.15, 0.2) is 18.2 Å². The second-order valence-corrected chi connectivity index (χ2v) is 5.65. The Bertz CT molecular complexity index is 572. The Balaban J connectivity index is 2.02. The fourth-order valence-corrected chi connectivity index (χ4v) is 2.62. The summed E-state index contributed by atoms with van der Waals surface area (Å²) in [5.74, 6) is -0.107. The van der Waals surface area contributed by atoms with Crippen LogP contribution < -0.4 is 9.47 Å². The highest BCUT2D eigenvalue weighted by Gasteiger charge is 2.33. The molecule has 1 N–H and O–H groups in total. The van der Waals surface area contributed by atoms with Gasteiger partial charge in [0.1, 0.15) is 11.5 Å². The lowest BCUT2D eigenvalue weighted by Gasteiger charge is -2.18. The first-order valence-corrected chi connectivity index (χ1v) is 7.85. The van der Waals surface area contributed by atoms with Gasteiger partial charge in [-0.2, -0.15) is 0 Å². The molecule has 0 radical (unpaired) electrons. The first kappa shape index (κ1) is 17.1. The highest BCUT2D eigenvalue weighted by molar-refractivity contribution is 5.86. The van der Waals surface area contributed by atoms with E-state index >= 15 is 0 Å². The van der Waals surface area contributed by atoms with Crippen LogP contribution in [0, 0.1) is 5.92 Å². The number of hydrogen-bond acceptors (Lipinski definition) is 4. The Labute approximate surface area is 136 Å². The third kappa shape index (κ3) is 4.37. The number of ether oxygens (including phenoxy) is 2. The van der Waals surface area contributed by atoms with Crippen LogP contribution in [-0.4, -0.2) is 48.7 Å². The van der Waals surface area contributed by atoms with Gasteiger partial charge in [-0.25, -0.2) is 0 Å². The average Bonchev–Trinajstić information content (AvgIpc) is 2.92. The molecule has 1 aliphatic heterocycles. The highest BCUT2D eigenvalue weighted by atomic mass is 16.5. The molecular formula is C17H23NO5. The van der Waals surface area contributed by atoms with Crippen molar-refractivity contribution in [2.24, 2.45) is 5.92 Å². The maximum absolute atomic E-state index is 11.9. The van der Waals surface area contributed by atoms with Crippen molar-refractivity contribution in [2.75, 3.05) is 26.8 Å². The van der Waals surface area contributed by atoms with E-state index in [-0.39, 0.29) is 18.9 Å². The van der Waals surface area contributed by atoms with Gasteiger partial charge in [0.15, 0.2) is 0 Å². The summed E-state index contributed by atoms with van der Waals surface area (Å²) >= 11 is 0. The quantitative estimate of drug-likeness (QED) is 0.792. The van der Waals surface area contributed by atoms with Crippen molar-refractivity contribution < 1.29 is 24.2 Å². The Morgan fingerprint density at radius 3 is 2.83 bits per heavy atom. The SMILES string of the molecule is CCCOc1cc(OC)ccc1CCN1CC(C(=O)O)CC1=O. The van der Waals surface area contributed by atoms with Crippen LogP contribution in [-0.2, 0) is 16.0 Å². The number of carboxylic acids is 1. The van der Waals surface area contributed by atoms with E-state index in [1.807, 2.05) is 25.1 Å². The Hall–Kier alpha value is -2.24. The number of benzene rings is 1. The lowest BCUT2D eigenvalue weighted by Crippen LogP contribution is -2.28. The standard InChI is InChI=1S/C17H23NO5/c1-3-8-23-15-10-14(22-2)5-4-12(15)6-7-18-11-13(17(20)21)9-16(18)19/h4-5,10,13H,3,6-9,11H2,1-2H3,(H,20,21). The minimum Gasteiger partial charge on any atom is -0.497 e. The normalized spacial score (nSPS) is 17.4. The van der Waals surface area contributed by atoms with E-state index in [0.29, 0.717) is 19.6 Å². The molecule has 6 nitrogen and oxygen atoms in total. The van der Waals surface area contributed by atoms with Gasteiger partial charge in [0.05, 0.1) is 19.6 Å². The number of aliphatic carboxylic acids is 1. The molecule has 1 aliphatic rings. The Morgan fingerprint density at radius 2 is 2.22 bits per heavy atom. The van der Waals surface area contributed by atoms with Gasteiger partial charge in [-0.3, -0.25) is 9.59 Å². The van der Waals surface area contributed by atoms with Crippen LogP contribution in [0.5, 0.6) is 11.5 Å². The maximum Gasteiger partial charge on any atom is 0.308 e. The largest absolute Gasteiger partial charge is 0.497 e. The van der Waals surface area contributed by atoms with Crippen molar-refractivity contribution in [1.82, 2.24) is 4.90 Å². The lowest BCUT2D eigenvalue weighted by atomic mass is 10.1. The van der Waals surface area contributed by atoms with Crippen LogP contribution in [0.4, 0.5) is 0 Å². The summed E-state index contributed by atoms with van der Waals surface area (Å²) in [7, 11) is 1.60. The molecule has 1 heterocycles. The number of methoxy groups -OCH3 is 1. The molecule has 0 spiro atoms. The molecule has 1 aromatic rings. The first-order valence-electron chi connectivity index (χ1n) is 7.85. The minimum atomic E-state index is -0.905. The zero-order chi connectivity index (χ0) is 16.8. The average molecular weight is 321 g/mol. The van der Waals surface area contributed by atoms with Gasteiger partial charge < -0.3 is 19.5 Å². The number of hydrogen-bond donors (Lipinski definition) is 1. The van der Waals surface area contributed by atoms with E-state index in [4.69, 9.17) is 14.6 Å². The molecule has 1 aromatic carbocycles. The molecule has 0 aliphatic carbocycles. The van der Waals surface area contributed by atoms with Crippen LogP contribution in [0.3, 0.4) is 0 Å². The van der Waals surface area contributed by atoms with Crippen molar-refractivity contribution in [3.05, 3.63) is 23.8 Å². The number of nitrogens with zero attached hydrogens (tertiary/aromatic N) is 1. The van der Waals surface area contributed by atoms with Gasteiger partial charge in [0.2, 0.25) is 5.91 Å². The molecule has 23 heavy (non-hydrogen) atoms. The van der Waals surface area contributed by atoms with Crippen LogP contribution in [0.1, 0.15) is 25.3 Å². The monoisotopic (exact) mass is 321 g/mol. The van der Waals surface area contributed by atoms with E-state index in [0.717, 1.165) is 23.5 Å². The first-order chi connectivity index (χ1) is 11.0. The summed E-state index contributed by atoms with van der Waals surface area (Å²) in [6.45, 7) is 3.44. The lowest BCUT2D eigenvalue weighted by molar-refractivity contribution is -0.141. The van der Waals surface area contributed by atoms with Crippen molar-refractivity contribution in [3.63, 3.8) is 0 Å². The van der Waals surface area contributed by atoms with Gasteiger partial charge in [-0.15, -0.1) is 0 Å². The topological polar surface area (TPSA) is 76.1 Å². The summed E-state index contributed by atoms with van der Waals surface area (Å²) in [5.41, 5.74) is 0.992. The molecule has 1 amide bonds. The predicted molar refractivity (Wildman–Crippen MR) is 84.8 cm³/mol. The molecule has 1 unspecified atom stereocenters. The summed E-state index contributed by atoms with van der Waals surface area (Å²) in [6.07, 6.45) is 1.62. The van der Waals surface area contributed by atoms with E-state index in [1.54, 1.807) is 12.0 Å². The van der Waals surface area contributed by atoms with Gasteiger partial charge in [0.25, 0.3) is 0 Å². The van der Waals surface area contributed by atoms with Crippen molar-refractivity contribution in [1.29, 1.82) is 0 Å². The van der Waals surface area contributed by atoms with Gasteiger partial charge in [0, 0.05) is 25.6 Å². The molecule has 1 atom stereocenters. The van der Waals surface area contributed by atoms with E-state index in [1.165, 1.54) is 0 Å². The van der Waals surface area contributed by atoms with Crippen molar-refractivity contribution in [3.8, 4) is 11.5 Å². The number of rotatable bonds is 8. The number of carbonyl (C=O) groups is 2. The zero-order valence-corrected chi connectivity index (χ0v) is 13.6. The molecule has 0 bridgehead atoms. The van der Waals surface area contributed by atoms with E-state index in [2.05, 4.69) is 0 Å². The molecule has 126 valence electrons. The van der Waals surface area contributed by atoms with Gasteiger partial charge >= 0.3 is 5.97 Å². The molecule has 1 saturated heterocycles. The second-order valence-electron chi connectivity index (χ2n) is 5.65. The van der Waals surface area contributed by atoms with E-state index < -0.39 is 11.9 Å². The Morgan fingerprint density at radius 1 is 1.43 bits per heavy atom. The van der Waals surface area contributed by atoms with Crippen LogP contribution in [0.2, 0.25) is 0 Å². The molecule has 1 fully saturated rings.